The Morgan fingerprint density at radius 1 is 1.17 bits per heavy atom. The van der Waals surface area contributed by atoms with E-state index in [0.29, 0.717) is 5.69 Å². The Morgan fingerprint density at radius 3 is 2.50 bits per heavy atom. The summed E-state index contributed by atoms with van der Waals surface area (Å²) < 4.78 is 25.8. The zero-order chi connectivity index (χ0) is 13.2. The Labute approximate surface area is 111 Å². The largest absolute Gasteiger partial charge is 0.392 e. The van der Waals surface area contributed by atoms with Crippen LogP contribution >= 0.6 is 12.2 Å². The van der Waals surface area contributed by atoms with Crippen molar-refractivity contribution in [2.75, 3.05) is 10.5 Å². The fraction of sp³-hybridized carbons (Fsp3) is 0.0833. The van der Waals surface area contributed by atoms with E-state index < -0.39 is 10.0 Å². The standard InChI is InChI=1S/C12H12N2O2S2/c13-12(17)8-18(15,16)14-11-6-5-9-3-1-2-4-10(9)7-11/h1-7,14H,8H2,(H2,13,17). The summed E-state index contributed by atoms with van der Waals surface area (Å²) in [6.45, 7) is 0. The van der Waals surface area contributed by atoms with Crippen LogP contribution in [0.2, 0.25) is 0 Å². The molecule has 0 bridgehead atoms. The molecule has 0 heterocycles. The average Bonchev–Trinajstić information content (AvgIpc) is 2.26. The Hall–Kier alpha value is -1.66. The molecule has 0 fully saturated rings. The first kappa shape index (κ1) is 12.8. The summed E-state index contributed by atoms with van der Waals surface area (Å²) in [5.74, 6) is -0.352. The lowest BCUT2D eigenvalue weighted by atomic mass is 10.1. The van der Waals surface area contributed by atoms with Gasteiger partial charge in [-0.1, -0.05) is 42.5 Å². The molecular weight excluding hydrogens is 268 g/mol. The molecule has 0 radical (unpaired) electrons. The maximum atomic E-state index is 11.7. The van der Waals surface area contributed by atoms with Gasteiger partial charge in [0.1, 0.15) is 5.75 Å². The highest BCUT2D eigenvalue weighted by Gasteiger charge is 2.11. The van der Waals surface area contributed by atoms with Gasteiger partial charge in [0.15, 0.2) is 0 Å². The third kappa shape index (κ3) is 3.18. The van der Waals surface area contributed by atoms with E-state index in [-0.39, 0.29) is 10.7 Å². The Morgan fingerprint density at radius 2 is 1.83 bits per heavy atom. The van der Waals surface area contributed by atoms with E-state index in [0.717, 1.165) is 10.8 Å². The second kappa shape index (κ2) is 4.91. The molecule has 2 aromatic rings. The lowest BCUT2D eigenvalue weighted by Crippen LogP contribution is -2.26. The summed E-state index contributed by atoms with van der Waals surface area (Å²) in [5, 5.41) is 2.02. The van der Waals surface area contributed by atoms with Gasteiger partial charge in [-0.2, -0.15) is 0 Å². The lowest BCUT2D eigenvalue weighted by Gasteiger charge is -2.08. The molecule has 0 amide bonds. The van der Waals surface area contributed by atoms with Crippen LogP contribution in [0, 0.1) is 0 Å². The van der Waals surface area contributed by atoms with Crippen LogP contribution in [0.4, 0.5) is 5.69 Å². The monoisotopic (exact) mass is 280 g/mol. The first-order chi connectivity index (χ1) is 8.46. The summed E-state index contributed by atoms with van der Waals surface area (Å²) in [7, 11) is -3.52. The van der Waals surface area contributed by atoms with Crippen molar-refractivity contribution < 1.29 is 8.42 Å². The molecule has 3 N–H and O–H groups in total. The van der Waals surface area contributed by atoms with Gasteiger partial charge in [-0.05, 0) is 22.9 Å². The average molecular weight is 280 g/mol. The second-order valence-corrected chi connectivity index (χ2v) is 6.14. The van der Waals surface area contributed by atoms with E-state index in [1.54, 1.807) is 12.1 Å². The van der Waals surface area contributed by atoms with Gasteiger partial charge in [0.05, 0.1) is 4.99 Å². The predicted octanol–water partition coefficient (Wildman–Crippen LogP) is 1.87. The first-order valence-corrected chi connectivity index (χ1v) is 7.30. The predicted molar refractivity (Wildman–Crippen MR) is 78.1 cm³/mol. The van der Waals surface area contributed by atoms with Crippen molar-refractivity contribution in [2.24, 2.45) is 5.73 Å². The molecule has 6 heteroatoms. The van der Waals surface area contributed by atoms with Gasteiger partial charge in [0.25, 0.3) is 0 Å². The summed E-state index contributed by atoms with van der Waals surface area (Å²) in [5.41, 5.74) is 5.74. The number of anilines is 1. The minimum atomic E-state index is -3.52. The molecule has 18 heavy (non-hydrogen) atoms. The van der Waals surface area contributed by atoms with E-state index in [1.165, 1.54) is 0 Å². The molecule has 0 atom stereocenters. The molecule has 0 aliphatic carbocycles. The van der Waals surface area contributed by atoms with Gasteiger partial charge in [-0.3, -0.25) is 4.72 Å². The van der Waals surface area contributed by atoms with Crippen molar-refractivity contribution in [3.05, 3.63) is 42.5 Å². The Kier molecular flexibility index (Phi) is 3.49. The van der Waals surface area contributed by atoms with Gasteiger partial charge >= 0.3 is 0 Å². The normalized spacial score (nSPS) is 11.3. The van der Waals surface area contributed by atoms with Crippen molar-refractivity contribution in [2.45, 2.75) is 0 Å². The van der Waals surface area contributed by atoms with Crippen molar-refractivity contribution in [3.63, 3.8) is 0 Å². The first-order valence-electron chi connectivity index (χ1n) is 5.24. The van der Waals surface area contributed by atoms with E-state index in [4.69, 9.17) is 5.73 Å². The van der Waals surface area contributed by atoms with E-state index in [9.17, 15) is 8.42 Å². The van der Waals surface area contributed by atoms with Gasteiger partial charge in [0.2, 0.25) is 10.0 Å². The van der Waals surface area contributed by atoms with Crippen LogP contribution in [0.5, 0.6) is 0 Å². The van der Waals surface area contributed by atoms with Gasteiger partial charge < -0.3 is 5.73 Å². The lowest BCUT2D eigenvalue weighted by molar-refractivity contribution is 0.605. The maximum absolute atomic E-state index is 11.7. The van der Waals surface area contributed by atoms with Gasteiger partial charge in [0, 0.05) is 5.69 Å². The van der Waals surface area contributed by atoms with Crippen LogP contribution in [-0.4, -0.2) is 19.2 Å². The molecule has 2 aromatic carbocycles. The van der Waals surface area contributed by atoms with E-state index >= 15 is 0 Å². The minimum absolute atomic E-state index is 0.0525. The molecule has 0 spiro atoms. The fourth-order valence-electron chi connectivity index (χ4n) is 1.66. The van der Waals surface area contributed by atoms with Gasteiger partial charge in [-0.15, -0.1) is 0 Å². The van der Waals surface area contributed by atoms with Crippen molar-refractivity contribution in [1.29, 1.82) is 0 Å². The number of nitrogens with two attached hydrogens (primary N) is 1. The summed E-state index contributed by atoms with van der Waals surface area (Å²) >= 11 is 4.60. The quantitative estimate of drug-likeness (QED) is 0.839. The highest BCUT2D eigenvalue weighted by atomic mass is 32.2. The van der Waals surface area contributed by atoms with Crippen LogP contribution in [0.25, 0.3) is 10.8 Å². The van der Waals surface area contributed by atoms with E-state index in [2.05, 4.69) is 16.9 Å². The minimum Gasteiger partial charge on any atom is -0.392 e. The molecule has 0 saturated carbocycles. The fourth-order valence-corrected chi connectivity index (χ4v) is 3.05. The van der Waals surface area contributed by atoms with Gasteiger partial charge in [-0.25, -0.2) is 8.42 Å². The summed E-state index contributed by atoms with van der Waals surface area (Å²) in [6.07, 6.45) is 0. The van der Waals surface area contributed by atoms with Crippen LogP contribution in [0.3, 0.4) is 0 Å². The SMILES string of the molecule is NC(=S)CS(=O)(=O)Nc1ccc2ccccc2c1. The molecule has 2 rings (SSSR count). The molecule has 94 valence electrons. The number of thiocarbonyl (C=S) groups is 1. The number of rotatable bonds is 4. The topological polar surface area (TPSA) is 72.2 Å². The Balaban J connectivity index is 2.30. The summed E-state index contributed by atoms with van der Waals surface area (Å²) in [4.78, 5) is -0.0525. The molecular formula is C12H12N2O2S2. The Bertz CT molecular complexity index is 696. The highest BCUT2D eigenvalue weighted by Crippen LogP contribution is 2.19. The van der Waals surface area contributed by atoms with Crippen LogP contribution < -0.4 is 10.5 Å². The number of hydrogen-bond donors (Lipinski definition) is 2. The number of sulfonamides is 1. The molecule has 4 nitrogen and oxygen atoms in total. The van der Waals surface area contributed by atoms with E-state index in [1.807, 2.05) is 30.3 Å². The molecule has 0 unspecified atom stereocenters. The molecule has 0 saturated heterocycles. The van der Waals surface area contributed by atoms with Crippen LogP contribution in [0.1, 0.15) is 0 Å². The maximum Gasteiger partial charge on any atom is 0.239 e. The molecule has 0 aromatic heterocycles. The van der Waals surface area contributed by atoms with Crippen molar-refractivity contribution in [1.82, 2.24) is 0 Å². The van der Waals surface area contributed by atoms with Crippen LogP contribution in [-0.2, 0) is 10.0 Å². The number of hydrogen-bond acceptors (Lipinski definition) is 3. The third-order valence-electron chi connectivity index (χ3n) is 2.36. The number of benzene rings is 2. The second-order valence-electron chi connectivity index (χ2n) is 3.89. The highest BCUT2D eigenvalue weighted by molar-refractivity contribution is 7.95. The molecule has 0 aliphatic heterocycles. The zero-order valence-electron chi connectivity index (χ0n) is 9.46. The summed E-state index contributed by atoms with van der Waals surface area (Å²) in [6, 6.07) is 13.0. The van der Waals surface area contributed by atoms with Crippen molar-refractivity contribution in [3.8, 4) is 0 Å². The smallest absolute Gasteiger partial charge is 0.239 e. The zero-order valence-corrected chi connectivity index (χ0v) is 11.1. The number of fused-ring (bicyclic) bond motifs is 1. The van der Waals surface area contributed by atoms with Crippen molar-refractivity contribution >= 4 is 43.7 Å². The third-order valence-corrected chi connectivity index (χ3v) is 3.92. The molecule has 0 aliphatic rings. The number of nitrogens with one attached hydrogen (secondary N) is 1. The van der Waals surface area contributed by atoms with Crippen LogP contribution in [0.15, 0.2) is 42.5 Å².